The van der Waals surface area contributed by atoms with Crippen molar-refractivity contribution >= 4 is 47.5 Å². The van der Waals surface area contributed by atoms with Crippen molar-refractivity contribution in [2.45, 2.75) is 161 Å². The van der Waals surface area contributed by atoms with Gasteiger partial charge in [-0.1, -0.05) is 52.9 Å². The summed E-state index contributed by atoms with van der Waals surface area (Å²) in [6.07, 6.45) is 8.26. The fraction of sp³-hybridized carbons (Fsp3) is 0.789. The van der Waals surface area contributed by atoms with Gasteiger partial charge in [-0.05, 0) is 70.6 Å². The van der Waals surface area contributed by atoms with Gasteiger partial charge in [0.15, 0.2) is 0 Å². The molecule has 0 aromatic rings. The fourth-order valence-corrected chi connectivity index (χ4v) is 7.58. The summed E-state index contributed by atoms with van der Waals surface area (Å²) >= 11 is 0. The minimum Gasteiger partial charge on any atom is -0.391 e. The number of likely N-dealkylation sites (tertiary alicyclic amines) is 2. The Morgan fingerprint density at radius 1 is 0.691 bits per heavy atom. The van der Waals surface area contributed by atoms with E-state index in [2.05, 4.69) is 26.6 Å². The Bertz CT molecular complexity index is 1360. The highest BCUT2D eigenvalue weighted by Crippen LogP contribution is 2.28. The Kier molecular flexibility index (Phi) is 20.0. The zero-order chi connectivity index (χ0) is 41.2. The van der Waals surface area contributed by atoms with E-state index in [0.29, 0.717) is 64.0 Å². The van der Waals surface area contributed by atoms with Crippen LogP contribution in [-0.2, 0) is 43.2 Å². The maximum absolute atomic E-state index is 14.1. The SMILES string of the molecule is CCCNC(=O)[C@@H](NC(=O)[C@@H]1CCCN1C(=O)[C@H](C)NC(=O)[C@@H]1CCCCN1C(=O)[C@@H](NC(=O)[C@H](CC1CCCCC1)NC(C)=O)C(C)C)[C@@H](C)O.O=C=O. The predicted octanol–water partition coefficient (Wildman–Crippen LogP) is 0.287. The highest BCUT2D eigenvalue weighted by atomic mass is 16.3. The molecule has 0 aromatic heterocycles. The Morgan fingerprint density at radius 2 is 1.24 bits per heavy atom. The number of rotatable bonds is 16. The molecule has 0 unspecified atom stereocenters. The van der Waals surface area contributed by atoms with E-state index in [4.69, 9.17) is 9.59 Å². The van der Waals surface area contributed by atoms with E-state index in [1.807, 2.05) is 20.8 Å². The van der Waals surface area contributed by atoms with Gasteiger partial charge >= 0.3 is 6.15 Å². The monoisotopic (exact) mass is 777 g/mol. The van der Waals surface area contributed by atoms with Crippen LogP contribution >= 0.6 is 0 Å². The van der Waals surface area contributed by atoms with Crippen molar-refractivity contribution in [2.75, 3.05) is 19.6 Å². The molecule has 3 aliphatic rings. The number of aliphatic hydroxyl groups excluding tert-OH is 1. The van der Waals surface area contributed by atoms with Crippen LogP contribution < -0.4 is 26.6 Å². The van der Waals surface area contributed by atoms with Gasteiger partial charge < -0.3 is 41.5 Å². The Balaban J connectivity index is 0.00000337. The smallest absolute Gasteiger partial charge is 0.373 e. The second kappa shape index (κ2) is 23.5. The Hall–Kier alpha value is -4.37. The zero-order valence-electron chi connectivity index (χ0n) is 33.3. The lowest BCUT2D eigenvalue weighted by Gasteiger charge is -2.39. The first kappa shape index (κ1) is 46.8. The summed E-state index contributed by atoms with van der Waals surface area (Å²) in [6, 6.07) is -5.64. The molecule has 2 heterocycles. The molecule has 3 rings (SSSR count). The summed E-state index contributed by atoms with van der Waals surface area (Å²) in [4.78, 5) is 112. The van der Waals surface area contributed by atoms with Crippen LogP contribution in [0.3, 0.4) is 0 Å². The predicted molar refractivity (Wildman–Crippen MR) is 199 cm³/mol. The molecule has 2 aliphatic heterocycles. The van der Waals surface area contributed by atoms with Gasteiger partial charge in [0.2, 0.25) is 41.4 Å². The van der Waals surface area contributed by atoms with E-state index in [1.165, 1.54) is 30.6 Å². The van der Waals surface area contributed by atoms with E-state index < -0.39 is 77.8 Å². The second-order valence-corrected chi connectivity index (χ2v) is 15.3. The van der Waals surface area contributed by atoms with Crippen LogP contribution in [0.2, 0.25) is 0 Å². The lowest BCUT2D eigenvalue weighted by molar-refractivity contribution is -0.191. The van der Waals surface area contributed by atoms with E-state index in [1.54, 1.807) is 0 Å². The third kappa shape index (κ3) is 14.3. The van der Waals surface area contributed by atoms with Crippen molar-refractivity contribution in [3.05, 3.63) is 0 Å². The first-order chi connectivity index (χ1) is 26.1. The van der Waals surface area contributed by atoms with Gasteiger partial charge in [0.05, 0.1) is 6.10 Å². The van der Waals surface area contributed by atoms with Crippen LogP contribution in [0.15, 0.2) is 0 Å². The molecular formula is C38H63N7O10. The van der Waals surface area contributed by atoms with Gasteiger partial charge in [0, 0.05) is 26.6 Å². The number of aliphatic hydroxyl groups is 1. The molecule has 7 atom stereocenters. The van der Waals surface area contributed by atoms with Crippen LogP contribution in [0.4, 0.5) is 0 Å². The third-order valence-electron chi connectivity index (χ3n) is 10.5. The topological polar surface area (TPSA) is 240 Å². The summed E-state index contributed by atoms with van der Waals surface area (Å²) < 4.78 is 0. The first-order valence-corrected chi connectivity index (χ1v) is 19.8. The third-order valence-corrected chi connectivity index (χ3v) is 10.5. The molecule has 0 spiro atoms. The number of nitrogens with one attached hydrogen (secondary N) is 5. The second-order valence-electron chi connectivity index (χ2n) is 15.3. The van der Waals surface area contributed by atoms with Crippen LogP contribution in [0.25, 0.3) is 0 Å². The number of amides is 7. The molecule has 6 N–H and O–H groups in total. The number of piperidine rings is 1. The molecule has 3 fully saturated rings. The van der Waals surface area contributed by atoms with E-state index in [9.17, 15) is 38.7 Å². The molecule has 55 heavy (non-hydrogen) atoms. The summed E-state index contributed by atoms with van der Waals surface area (Å²) in [6.45, 7) is 10.8. The minimum atomic E-state index is -1.18. The standard InChI is InChI=1S/C37H63N7O8.CO2/c1-7-18-38-35(50)31(24(5)45)42-34(49)29-17-13-20-43(29)36(51)23(4)39-33(48)28-16-11-12-19-44(28)37(52)30(22(2)3)41-32(47)27(40-25(6)46)21-26-14-9-8-10-15-26;2-1-3/h22-24,26-31,45H,7-21H2,1-6H3,(H,38,50)(H,39,48)(H,40,46)(H,41,47)(H,42,49);/t23-,24+,27-,28-,29-,30-,31-;/m0./s1. The number of hydrogen-bond donors (Lipinski definition) is 6. The number of hydrogen-bond acceptors (Lipinski definition) is 10. The van der Waals surface area contributed by atoms with E-state index in [-0.39, 0.29) is 24.5 Å². The lowest BCUT2D eigenvalue weighted by Crippen LogP contribution is -2.62. The summed E-state index contributed by atoms with van der Waals surface area (Å²) in [5, 5.41) is 23.9. The molecule has 7 amide bonds. The van der Waals surface area contributed by atoms with Gasteiger partial charge in [0.25, 0.3) is 0 Å². The fourth-order valence-electron chi connectivity index (χ4n) is 7.58. The summed E-state index contributed by atoms with van der Waals surface area (Å²) in [5.41, 5.74) is 0. The molecule has 0 bridgehead atoms. The van der Waals surface area contributed by atoms with Crippen LogP contribution in [0.1, 0.15) is 119 Å². The number of carbonyl (C=O) groups is 7. The zero-order valence-corrected chi connectivity index (χ0v) is 33.3. The van der Waals surface area contributed by atoms with Crippen molar-refractivity contribution in [2.24, 2.45) is 11.8 Å². The largest absolute Gasteiger partial charge is 0.391 e. The molecule has 17 heteroatoms. The number of carbonyl (C=O) groups excluding carboxylic acids is 9. The minimum absolute atomic E-state index is 0.250. The molecular weight excluding hydrogens is 714 g/mol. The van der Waals surface area contributed by atoms with Gasteiger partial charge in [-0.2, -0.15) is 9.59 Å². The summed E-state index contributed by atoms with van der Waals surface area (Å²) in [5.74, 6) is -3.18. The maximum Gasteiger partial charge on any atom is 0.373 e. The van der Waals surface area contributed by atoms with Crippen molar-refractivity contribution in [3.8, 4) is 0 Å². The van der Waals surface area contributed by atoms with Gasteiger partial charge in [0.1, 0.15) is 36.3 Å². The van der Waals surface area contributed by atoms with Crippen molar-refractivity contribution in [1.29, 1.82) is 0 Å². The van der Waals surface area contributed by atoms with Crippen LogP contribution in [-0.4, -0.2) is 124 Å². The average Bonchev–Trinajstić information content (AvgIpc) is 3.64. The molecule has 1 saturated carbocycles. The molecule has 17 nitrogen and oxygen atoms in total. The van der Waals surface area contributed by atoms with Gasteiger partial charge in [-0.3, -0.25) is 33.6 Å². The van der Waals surface area contributed by atoms with Gasteiger partial charge in [-0.15, -0.1) is 0 Å². The van der Waals surface area contributed by atoms with Gasteiger partial charge in [-0.25, -0.2) is 0 Å². The Morgan fingerprint density at radius 3 is 1.80 bits per heavy atom. The highest BCUT2D eigenvalue weighted by Gasteiger charge is 2.41. The molecule has 0 aromatic carbocycles. The number of nitrogens with zero attached hydrogens (tertiary/aromatic N) is 2. The summed E-state index contributed by atoms with van der Waals surface area (Å²) in [7, 11) is 0. The average molecular weight is 778 g/mol. The lowest BCUT2D eigenvalue weighted by atomic mass is 9.84. The molecule has 1 aliphatic carbocycles. The quantitative estimate of drug-likeness (QED) is 0.125. The van der Waals surface area contributed by atoms with E-state index >= 15 is 0 Å². The van der Waals surface area contributed by atoms with Crippen molar-refractivity contribution < 1.29 is 48.3 Å². The first-order valence-electron chi connectivity index (χ1n) is 19.8. The van der Waals surface area contributed by atoms with Crippen LogP contribution in [0.5, 0.6) is 0 Å². The van der Waals surface area contributed by atoms with Crippen LogP contribution in [0, 0.1) is 11.8 Å². The molecule has 2 saturated heterocycles. The normalized spacial score (nSPS) is 21.3. The van der Waals surface area contributed by atoms with Crippen molar-refractivity contribution in [1.82, 2.24) is 36.4 Å². The molecule has 310 valence electrons. The highest BCUT2D eigenvalue weighted by molar-refractivity contribution is 5.97. The molecule has 0 radical (unpaired) electrons. The van der Waals surface area contributed by atoms with Crippen molar-refractivity contribution in [3.63, 3.8) is 0 Å². The Labute approximate surface area is 324 Å². The van der Waals surface area contributed by atoms with E-state index in [0.717, 1.165) is 32.1 Å². The maximum atomic E-state index is 14.1.